The summed E-state index contributed by atoms with van der Waals surface area (Å²) in [6, 6.07) is 0. The van der Waals surface area contributed by atoms with Crippen LogP contribution in [0, 0.1) is 24.6 Å². The van der Waals surface area contributed by atoms with E-state index in [0.717, 1.165) is 38.8 Å². The largest absolute Gasteiger partial charge is 0.350 e. The quantitative estimate of drug-likeness (QED) is 0.303. The number of nitrogens with zero attached hydrogens (tertiary/aromatic N) is 5. The van der Waals surface area contributed by atoms with Gasteiger partial charge in [-0.05, 0) is 52.1 Å². The molecule has 1 aromatic heterocycles. The highest BCUT2D eigenvalue weighted by Gasteiger charge is 2.45. The Hall–Kier alpha value is -2.33. The summed E-state index contributed by atoms with van der Waals surface area (Å²) >= 11 is 0. The lowest BCUT2D eigenvalue weighted by molar-refractivity contribution is -0.155. The molecule has 0 radical (unpaired) electrons. The summed E-state index contributed by atoms with van der Waals surface area (Å²) in [6.07, 6.45) is 7.69. The van der Waals surface area contributed by atoms with Crippen LogP contribution in [0.4, 0.5) is 10.2 Å². The normalized spacial score (nSPS) is 21.4. The predicted molar refractivity (Wildman–Crippen MR) is 125 cm³/mol. The number of carbonyl (C=O) groups excluding carboxylic acids is 2. The monoisotopic (exact) mass is 476 g/mol. The Bertz CT molecular complexity index is 882. The lowest BCUT2D eigenvalue weighted by Gasteiger charge is -2.53. The van der Waals surface area contributed by atoms with Gasteiger partial charge in [0, 0.05) is 13.1 Å². The summed E-state index contributed by atoms with van der Waals surface area (Å²) in [5, 5.41) is 13.0. The molecule has 1 aliphatic carbocycles. The lowest BCUT2D eigenvalue weighted by atomic mass is 9.90. The number of carbonyl (C=O) groups is 2. The molecule has 0 bridgehead atoms. The third-order valence-electron chi connectivity index (χ3n) is 7.67. The summed E-state index contributed by atoms with van der Waals surface area (Å²) in [5.74, 6) is -0.218. The number of halogens is 1. The highest BCUT2D eigenvalue weighted by Crippen LogP contribution is 2.35. The highest BCUT2D eigenvalue weighted by molar-refractivity contribution is 5.79. The number of hydrogen-bond donors (Lipinski definition) is 2. The van der Waals surface area contributed by atoms with Crippen molar-refractivity contribution in [2.45, 2.75) is 70.9 Å². The predicted octanol–water partition coefficient (Wildman–Crippen LogP) is 2.26. The van der Waals surface area contributed by atoms with Gasteiger partial charge in [-0.1, -0.05) is 25.7 Å². The second-order valence-corrected chi connectivity index (χ2v) is 10.4. The molecule has 34 heavy (non-hydrogen) atoms. The minimum absolute atomic E-state index is 0.0401. The summed E-state index contributed by atoms with van der Waals surface area (Å²) in [7, 11) is 0. The van der Waals surface area contributed by atoms with Crippen molar-refractivity contribution >= 4 is 18.1 Å². The first-order chi connectivity index (χ1) is 16.3. The molecule has 3 heterocycles. The first-order valence-corrected chi connectivity index (χ1v) is 12.5. The van der Waals surface area contributed by atoms with Crippen LogP contribution in [0.5, 0.6) is 0 Å². The molecule has 1 aromatic rings. The maximum absolute atomic E-state index is 15.4. The Kier molecular flexibility index (Phi) is 7.67. The number of aryl methyl sites for hydroxylation is 1. The molecule has 9 nitrogen and oxygen atoms in total. The fourth-order valence-corrected chi connectivity index (χ4v) is 5.81. The second kappa shape index (κ2) is 10.5. The fourth-order valence-electron chi connectivity index (χ4n) is 5.81. The van der Waals surface area contributed by atoms with Crippen molar-refractivity contribution in [1.29, 1.82) is 0 Å². The van der Waals surface area contributed by atoms with Crippen molar-refractivity contribution in [3.63, 3.8) is 0 Å². The average molecular weight is 477 g/mol. The lowest BCUT2D eigenvalue weighted by Crippen LogP contribution is -2.68. The van der Waals surface area contributed by atoms with Crippen LogP contribution in [0.3, 0.4) is 0 Å². The van der Waals surface area contributed by atoms with Gasteiger partial charge in [0.2, 0.25) is 12.3 Å². The molecular formula is C24H37FN6O3. The average Bonchev–Trinajstić information content (AvgIpc) is 3.51. The van der Waals surface area contributed by atoms with E-state index in [1.165, 1.54) is 12.8 Å². The van der Waals surface area contributed by atoms with E-state index in [9.17, 15) is 14.8 Å². The van der Waals surface area contributed by atoms with Gasteiger partial charge in [-0.3, -0.25) is 19.7 Å². The molecule has 3 fully saturated rings. The molecule has 0 aromatic carbocycles. The van der Waals surface area contributed by atoms with Crippen LogP contribution in [-0.2, 0) is 16.1 Å². The topological polar surface area (TPSA) is 102 Å². The number of aromatic nitrogens is 2. The van der Waals surface area contributed by atoms with Crippen LogP contribution in [0.2, 0.25) is 0 Å². The van der Waals surface area contributed by atoms with Gasteiger partial charge in [-0.25, -0.2) is 19.4 Å². The molecule has 2 aliphatic heterocycles. The zero-order chi connectivity index (χ0) is 24.3. The standard InChI is InChI=1S/C24H37FN6O3/c1-17-27-20(12-26-23(33)19(13-31(34)16-32)11-18-7-3-4-8-18)21(25)22(28-17)29-14-24(2,15-29)30-9-5-6-10-30/h16,18-19,34H,3-15H2,1-2H3,(H,26,33)/t19-/m1/s1. The smallest absolute Gasteiger partial charge is 0.233 e. The van der Waals surface area contributed by atoms with Gasteiger partial charge in [0.1, 0.15) is 11.5 Å². The molecule has 2 saturated heterocycles. The number of amides is 2. The van der Waals surface area contributed by atoms with E-state index in [4.69, 9.17) is 0 Å². The van der Waals surface area contributed by atoms with E-state index >= 15 is 4.39 Å². The molecule has 0 spiro atoms. The summed E-state index contributed by atoms with van der Waals surface area (Å²) < 4.78 is 15.4. The molecule has 0 unspecified atom stereocenters. The molecular weight excluding hydrogens is 439 g/mol. The minimum atomic E-state index is -0.555. The van der Waals surface area contributed by atoms with Gasteiger partial charge in [-0.2, -0.15) is 0 Å². The Balaban J connectivity index is 1.40. The van der Waals surface area contributed by atoms with E-state index in [-0.39, 0.29) is 30.2 Å². The van der Waals surface area contributed by atoms with E-state index in [0.29, 0.717) is 48.5 Å². The van der Waals surface area contributed by atoms with Crippen molar-refractivity contribution in [3.8, 4) is 0 Å². The van der Waals surface area contributed by atoms with E-state index in [1.54, 1.807) is 6.92 Å². The first-order valence-electron chi connectivity index (χ1n) is 12.5. The van der Waals surface area contributed by atoms with Gasteiger partial charge in [0.05, 0.1) is 24.5 Å². The molecule has 4 rings (SSSR count). The fraction of sp³-hybridized carbons (Fsp3) is 0.750. The molecule has 3 aliphatic rings. The Morgan fingerprint density at radius 2 is 1.94 bits per heavy atom. The first kappa shape index (κ1) is 24.8. The van der Waals surface area contributed by atoms with Gasteiger partial charge in [0.25, 0.3) is 0 Å². The van der Waals surface area contributed by atoms with Gasteiger partial charge < -0.3 is 10.2 Å². The maximum atomic E-state index is 15.4. The number of anilines is 1. The van der Waals surface area contributed by atoms with Crippen LogP contribution >= 0.6 is 0 Å². The van der Waals surface area contributed by atoms with Crippen molar-refractivity contribution in [1.82, 2.24) is 25.2 Å². The van der Waals surface area contributed by atoms with E-state index < -0.39 is 11.7 Å². The van der Waals surface area contributed by atoms with Gasteiger partial charge >= 0.3 is 0 Å². The molecule has 2 N–H and O–H groups in total. The zero-order valence-corrected chi connectivity index (χ0v) is 20.3. The second-order valence-electron chi connectivity index (χ2n) is 10.4. The van der Waals surface area contributed by atoms with Gasteiger partial charge in [0.15, 0.2) is 11.6 Å². The molecule has 2 amide bonds. The van der Waals surface area contributed by atoms with Crippen molar-refractivity contribution < 1.29 is 19.2 Å². The van der Waals surface area contributed by atoms with Crippen LogP contribution in [0.1, 0.15) is 63.4 Å². The number of nitrogens with one attached hydrogen (secondary N) is 1. The van der Waals surface area contributed by atoms with Crippen molar-refractivity contribution in [2.24, 2.45) is 11.8 Å². The molecule has 10 heteroatoms. The van der Waals surface area contributed by atoms with E-state index in [1.807, 2.05) is 4.90 Å². The van der Waals surface area contributed by atoms with Crippen LogP contribution in [0.25, 0.3) is 0 Å². The van der Waals surface area contributed by atoms with Crippen LogP contribution in [-0.4, -0.2) is 75.7 Å². The van der Waals surface area contributed by atoms with E-state index in [2.05, 4.69) is 27.1 Å². The molecule has 1 saturated carbocycles. The maximum Gasteiger partial charge on any atom is 0.233 e. The number of hydrogen-bond acceptors (Lipinski definition) is 7. The highest BCUT2D eigenvalue weighted by atomic mass is 19.1. The summed E-state index contributed by atoms with van der Waals surface area (Å²) in [4.78, 5) is 36.9. The third kappa shape index (κ3) is 5.49. The number of rotatable bonds is 10. The van der Waals surface area contributed by atoms with Gasteiger partial charge in [-0.15, -0.1) is 0 Å². The zero-order valence-electron chi connectivity index (χ0n) is 20.3. The molecule has 1 atom stereocenters. The number of likely N-dealkylation sites (tertiary alicyclic amines) is 1. The Labute approximate surface area is 200 Å². The Morgan fingerprint density at radius 3 is 2.59 bits per heavy atom. The van der Waals surface area contributed by atoms with Crippen molar-refractivity contribution in [2.75, 3.05) is 37.6 Å². The number of hydroxylamine groups is 2. The SMILES string of the molecule is Cc1nc(CNC(=O)[C@H](CC2CCCC2)CN(O)C=O)c(F)c(N2CC(C)(N3CCCC3)C2)n1. The summed E-state index contributed by atoms with van der Waals surface area (Å²) in [6.45, 7) is 7.41. The Morgan fingerprint density at radius 1 is 1.26 bits per heavy atom. The minimum Gasteiger partial charge on any atom is -0.350 e. The molecule has 188 valence electrons. The third-order valence-corrected chi connectivity index (χ3v) is 7.67. The van der Waals surface area contributed by atoms with Crippen molar-refractivity contribution in [3.05, 3.63) is 17.3 Å². The van der Waals surface area contributed by atoms with Crippen LogP contribution in [0.15, 0.2) is 0 Å². The summed E-state index contributed by atoms with van der Waals surface area (Å²) in [5.41, 5.74) is 0.194. The van der Waals surface area contributed by atoms with Crippen LogP contribution < -0.4 is 10.2 Å².